The summed E-state index contributed by atoms with van der Waals surface area (Å²) in [6.07, 6.45) is 0. The SMILES string of the molecule is COc1cc(C(=O)NS(=O)(=O)c2ccccc2SN)ccc1C#Cc1ccccc1. The number of nitrogens with one attached hydrogen (secondary N) is 1. The Kier molecular flexibility index (Phi) is 6.79. The monoisotopic (exact) mass is 438 g/mol. The highest BCUT2D eigenvalue weighted by Gasteiger charge is 2.22. The van der Waals surface area contributed by atoms with E-state index in [1.807, 2.05) is 30.3 Å². The van der Waals surface area contributed by atoms with E-state index in [0.717, 1.165) is 17.5 Å². The summed E-state index contributed by atoms with van der Waals surface area (Å²) in [6.45, 7) is 0. The van der Waals surface area contributed by atoms with Gasteiger partial charge in [-0.2, -0.15) is 0 Å². The molecule has 30 heavy (non-hydrogen) atoms. The molecule has 152 valence electrons. The third-order valence-electron chi connectivity index (χ3n) is 4.07. The lowest BCUT2D eigenvalue weighted by Gasteiger charge is -2.11. The van der Waals surface area contributed by atoms with Crippen LogP contribution in [0.1, 0.15) is 21.5 Å². The predicted octanol–water partition coefficient (Wildman–Crippen LogP) is 3.18. The van der Waals surface area contributed by atoms with Gasteiger partial charge in [0, 0.05) is 16.0 Å². The van der Waals surface area contributed by atoms with Crippen LogP contribution in [0.4, 0.5) is 0 Å². The molecule has 0 fully saturated rings. The number of rotatable bonds is 5. The Bertz CT molecular complexity index is 1230. The zero-order valence-corrected chi connectivity index (χ0v) is 17.6. The second-order valence-corrected chi connectivity index (χ2v) is 8.36. The Morgan fingerprint density at radius 2 is 1.70 bits per heavy atom. The summed E-state index contributed by atoms with van der Waals surface area (Å²) < 4.78 is 32.6. The highest BCUT2D eigenvalue weighted by atomic mass is 32.2. The highest BCUT2D eigenvalue weighted by Crippen LogP contribution is 2.23. The summed E-state index contributed by atoms with van der Waals surface area (Å²) in [6, 6.07) is 20.1. The minimum Gasteiger partial charge on any atom is -0.495 e. The second kappa shape index (κ2) is 9.50. The Balaban J connectivity index is 1.86. The fourth-order valence-electron chi connectivity index (χ4n) is 2.60. The molecule has 0 radical (unpaired) electrons. The van der Waals surface area contributed by atoms with E-state index in [-0.39, 0.29) is 10.5 Å². The standard InChI is InChI=1S/C22H18N2O4S2/c1-28-19-15-18(14-13-17(19)12-11-16-7-3-2-4-8-16)22(25)24-30(26,27)21-10-6-5-9-20(21)29-23/h2-10,13-15H,23H2,1H3,(H,24,25). The summed E-state index contributed by atoms with van der Waals surface area (Å²) in [5.41, 5.74) is 1.54. The average molecular weight is 439 g/mol. The molecule has 0 spiro atoms. The van der Waals surface area contributed by atoms with Gasteiger partial charge in [-0.1, -0.05) is 42.2 Å². The molecular weight excluding hydrogens is 420 g/mol. The van der Waals surface area contributed by atoms with Gasteiger partial charge in [0.15, 0.2) is 0 Å². The van der Waals surface area contributed by atoms with E-state index < -0.39 is 15.9 Å². The van der Waals surface area contributed by atoms with Crippen LogP contribution >= 0.6 is 11.9 Å². The maximum absolute atomic E-state index is 12.6. The van der Waals surface area contributed by atoms with Crippen LogP contribution in [0.3, 0.4) is 0 Å². The summed E-state index contributed by atoms with van der Waals surface area (Å²) in [7, 11) is -2.64. The van der Waals surface area contributed by atoms with E-state index in [2.05, 4.69) is 16.6 Å². The number of hydrogen-bond acceptors (Lipinski definition) is 6. The van der Waals surface area contributed by atoms with Crippen molar-refractivity contribution in [3.05, 3.63) is 89.5 Å². The number of carbonyl (C=O) groups is 1. The van der Waals surface area contributed by atoms with E-state index in [4.69, 9.17) is 9.88 Å². The van der Waals surface area contributed by atoms with Crippen molar-refractivity contribution in [2.75, 3.05) is 7.11 Å². The molecule has 0 aliphatic rings. The molecule has 0 aromatic heterocycles. The molecule has 0 unspecified atom stereocenters. The zero-order valence-electron chi connectivity index (χ0n) is 16.0. The van der Waals surface area contributed by atoms with Crippen molar-refractivity contribution in [3.8, 4) is 17.6 Å². The van der Waals surface area contributed by atoms with Crippen molar-refractivity contribution >= 4 is 27.9 Å². The van der Waals surface area contributed by atoms with Crippen LogP contribution in [0.5, 0.6) is 5.75 Å². The molecule has 0 atom stereocenters. The van der Waals surface area contributed by atoms with Gasteiger partial charge in [-0.25, -0.2) is 13.1 Å². The quantitative estimate of drug-likeness (QED) is 0.469. The lowest BCUT2D eigenvalue weighted by atomic mass is 10.1. The average Bonchev–Trinajstić information content (AvgIpc) is 2.77. The number of methoxy groups -OCH3 is 1. The maximum Gasteiger partial charge on any atom is 0.265 e. The molecule has 0 saturated carbocycles. The van der Waals surface area contributed by atoms with Crippen LogP contribution in [-0.2, 0) is 10.0 Å². The molecule has 0 aliphatic heterocycles. The van der Waals surface area contributed by atoms with Gasteiger partial charge < -0.3 is 4.74 Å². The van der Waals surface area contributed by atoms with Gasteiger partial charge in [0.05, 0.1) is 12.7 Å². The topological polar surface area (TPSA) is 98.5 Å². The lowest BCUT2D eigenvalue weighted by molar-refractivity contribution is 0.0981. The Morgan fingerprint density at radius 3 is 2.40 bits per heavy atom. The van der Waals surface area contributed by atoms with Crippen molar-refractivity contribution in [3.63, 3.8) is 0 Å². The molecule has 0 heterocycles. The molecule has 0 saturated heterocycles. The number of nitrogens with two attached hydrogens (primary N) is 1. The van der Waals surface area contributed by atoms with Crippen LogP contribution in [0.2, 0.25) is 0 Å². The van der Waals surface area contributed by atoms with Gasteiger partial charge in [-0.3, -0.25) is 9.93 Å². The first-order chi connectivity index (χ1) is 14.4. The highest BCUT2D eigenvalue weighted by molar-refractivity contribution is 7.98. The number of ether oxygens (including phenoxy) is 1. The van der Waals surface area contributed by atoms with E-state index in [1.54, 1.807) is 24.3 Å². The summed E-state index contributed by atoms with van der Waals surface area (Å²) in [5, 5.41) is 5.52. The first-order valence-corrected chi connectivity index (χ1v) is 11.1. The maximum atomic E-state index is 12.6. The zero-order chi connectivity index (χ0) is 21.6. The number of carbonyl (C=O) groups excluding carboxylic acids is 1. The van der Waals surface area contributed by atoms with Gasteiger partial charge in [-0.15, -0.1) is 0 Å². The normalized spacial score (nSPS) is 10.6. The first kappa shape index (κ1) is 21.5. The fraction of sp³-hybridized carbons (Fsp3) is 0.0455. The molecule has 3 rings (SSSR count). The Hall–Kier alpha value is -3.25. The van der Waals surface area contributed by atoms with E-state index in [1.165, 1.54) is 25.3 Å². The van der Waals surface area contributed by atoms with Crippen molar-refractivity contribution in [2.45, 2.75) is 9.79 Å². The van der Waals surface area contributed by atoms with Gasteiger partial charge in [-0.05, 0) is 54.4 Å². The minimum atomic E-state index is -4.10. The first-order valence-electron chi connectivity index (χ1n) is 8.72. The minimum absolute atomic E-state index is 0.0665. The number of benzene rings is 3. The third-order valence-corrected chi connectivity index (χ3v) is 6.20. The van der Waals surface area contributed by atoms with Gasteiger partial charge >= 0.3 is 0 Å². The molecule has 0 bridgehead atoms. The summed E-state index contributed by atoms with van der Waals surface area (Å²) in [4.78, 5) is 12.8. The van der Waals surface area contributed by atoms with Crippen molar-refractivity contribution in [1.29, 1.82) is 0 Å². The van der Waals surface area contributed by atoms with Crippen LogP contribution in [0.15, 0.2) is 82.6 Å². The van der Waals surface area contributed by atoms with Crippen LogP contribution in [-0.4, -0.2) is 21.4 Å². The van der Waals surface area contributed by atoms with E-state index >= 15 is 0 Å². The number of amides is 1. The van der Waals surface area contributed by atoms with Crippen LogP contribution in [0.25, 0.3) is 0 Å². The third kappa shape index (κ3) is 5.02. The molecule has 3 N–H and O–H groups in total. The smallest absolute Gasteiger partial charge is 0.265 e. The molecule has 1 amide bonds. The summed E-state index contributed by atoms with van der Waals surface area (Å²) in [5.74, 6) is 5.59. The van der Waals surface area contributed by atoms with E-state index in [0.29, 0.717) is 16.2 Å². The van der Waals surface area contributed by atoms with Gasteiger partial charge in [0.2, 0.25) is 0 Å². The summed E-state index contributed by atoms with van der Waals surface area (Å²) >= 11 is 0.791. The molecule has 6 nitrogen and oxygen atoms in total. The second-order valence-electron chi connectivity index (χ2n) is 6.03. The van der Waals surface area contributed by atoms with Crippen molar-refractivity contribution in [1.82, 2.24) is 4.72 Å². The van der Waals surface area contributed by atoms with Crippen LogP contribution in [0, 0.1) is 11.8 Å². The number of sulfonamides is 1. The largest absolute Gasteiger partial charge is 0.495 e. The fourth-order valence-corrected chi connectivity index (χ4v) is 4.48. The lowest BCUT2D eigenvalue weighted by Crippen LogP contribution is -2.31. The van der Waals surface area contributed by atoms with Crippen molar-refractivity contribution < 1.29 is 17.9 Å². The number of hydrogen-bond donors (Lipinski definition) is 2. The van der Waals surface area contributed by atoms with Crippen molar-refractivity contribution in [2.24, 2.45) is 5.14 Å². The Labute approximate surface area is 179 Å². The Morgan fingerprint density at radius 1 is 1.00 bits per heavy atom. The molecular formula is C22H18N2O4S2. The van der Waals surface area contributed by atoms with Gasteiger partial charge in [0.1, 0.15) is 10.6 Å². The van der Waals surface area contributed by atoms with Crippen LogP contribution < -0.4 is 14.6 Å². The predicted molar refractivity (Wildman–Crippen MR) is 117 cm³/mol. The molecule has 3 aromatic rings. The van der Waals surface area contributed by atoms with Gasteiger partial charge in [0.25, 0.3) is 15.9 Å². The molecule has 8 heteroatoms. The molecule has 0 aliphatic carbocycles. The molecule has 3 aromatic carbocycles. The van der Waals surface area contributed by atoms with E-state index in [9.17, 15) is 13.2 Å².